The Kier molecular flexibility index (Phi) is 6.86. The van der Waals surface area contributed by atoms with Crippen LogP contribution in [0.4, 0.5) is 0 Å². The van der Waals surface area contributed by atoms with Crippen molar-refractivity contribution in [3.8, 4) is 0 Å². The number of carboxylic acid groups (broad SMARTS) is 2. The monoisotopic (exact) mass is 383 g/mol. The lowest BCUT2D eigenvalue weighted by molar-refractivity contribution is -0.134. The predicted octanol–water partition coefficient (Wildman–Crippen LogP) is 2.44. The molecule has 1 aromatic carbocycles. The molecule has 146 valence electrons. The third-order valence-electron chi connectivity index (χ3n) is 3.93. The highest BCUT2D eigenvalue weighted by molar-refractivity contribution is 6.08. The van der Waals surface area contributed by atoms with Gasteiger partial charge in [-0.1, -0.05) is 18.2 Å². The topological polar surface area (TPSA) is 114 Å². The number of carbonyl (C=O) groups excluding carboxylic acids is 1. The molecule has 0 unspecified atom stereocenters. The lowest BCUT2D eigenvalue weighted by Gasteiger charge is -1.98. The number of carboxylic acids is 2. The van der Waals surface area contributed by atoms with E-state index in [0.29, 0.717) is 25.0 Å². The molecule has 0 atom stereocenters. The summed E-state index contributed by atoms with van der Waals surface area (Å²) in [6, 6.07) is 8.00. The van der Waals surface area contributed by atoms with E-state index < -0.39 is 11.9 Å². The number of hydrogen-bond donors (Lipinski definition) is 2. The Hall–Kier alpha value is -3.68. The molecule has 0 saturated carbocycles. The van der Waals surface area contributed by atoms with E-state index in [-0.39, 0.29) is 5.78 Å². The van der Waals surface area contributed by atoms with Crippen molar-refractivity contribution >= 4 is 28.6 Å². The molecule has 3 rings (SSSR count). The minimum Gasteiger partial charge on any atom is -0.478 e. The Morgan fingerprint density at radius 1 is 1.04 bits per heavy atom. The van der Waals surface area contributed by atoms with E-state index in [1.165, 1.54) is 0 Å². The maximum Gasteiger partial charge on any atom is 0.328 e. The standard InChI is InChI=1S/C16H17N3O.C4H4O4/c1-18-9-12(17-11-18)7-8-16(20)14-10-19(2)15-6-4-3-5-13(14)15;5-3(6)1-2-4(7)8/h3-6,9-11H,7-8H2,1-2H3;1-2H,(H,5,6)(H,7,8)/b;2-1-. The maximum absolute atomic E-state index is 12.4. The van der Waals surface area contributed by atoms with E-state index >= 15 is 0 Å². The molecule has 0 saturated heterocycles. The molecule has 8 nitrogen and oxygen atoms in total. The van der Waals surface area contributed by atoms with Crippen LogP contribution in [0, 0.1) is 0 Å². The quantitative estimate of drug-likeness (QED) is 0.499. The zero-order chi connectivity index (χ0) is 20.7. The van der Waals surface area contributed by atoms with Crippen LogP contribution < -0.4 is 0 Å². The number of imidazole rings is 1. The first-order valence-electron chi connectivity index (χ1n) is 8.46. The lowest BCUT2D eigenvalue weighted by atomic mass is 10.0. The van der Waals surface area contributed by atoms with Crippen LogP contribution in [0.2, 0.25) is 0 Å². The molecule has 28 heavy (non-hydrogen) atoms. The largest absolute Gasteiger partial charge is 0.478 e. The van der Waals surface area contributed by atoms with Crippen molar-refractivity contribution in [2.75, 3.05) is 0 Å². The van der Waals surface area contributed by atoms with Gasteiger partial charge in [0.25, 0.3) is 0 Å². The second kappa shape index (κ2) is 9.31. The number of rotatable bonds is 6. The second-order valence-electron chi connectivity index (χ2n) is 6.13. The van der Waals surface area contributed by atoms with E-state index in [1.807, 2.05) is 59.9 Å². The Balaban J connectivity index is 0.000000300. The van der Waals surface area contributed by atoms with Crippen molar-refractivity contribution in [3.63, 3.8) is 0 Å². The minimum atomic E-state index is -1.26. The molecule has 0 aliphatic rings. The number of nitrogens with zero attached hydrogens (tertiary/aromatic N) is 3. The van der Waals surface area contributed by atoms with Gasteiger partial charge in [-0.25, -0.2) is 14.6 Å². The Morgan fingerprint density at radius 3 is 2.25 bits per heavy atom. The number of aryl methyl sites for hydroxylation is 3. The summed E-state index contributed by atoms with van der Waals surface area (Å²) in [6.07, 6.45) is 7.93. The molecule has 0 fully saturated rings. The van der Waals surface area contributed by atoms with Gasteiger partial charge in [0.15, 0.2) is 5.78 Å². The van der Waals surface area contributed by atoms with E-state index in [1.54, 1.807) is 6.33 Å². The highest BCUT2D eigenvalue weighted by Gasteiger charge is 2.13. The van der Waals surface area contributed by atoms with Crippen molar-refractivity contribution in [1.29, 1.82) is 0 Å². The fourth-order valence-electron chi connectivity index (χ4n) is 2.68. The number of benzene rings is 1. The summed E-state index contributed by atoms with van der Waals surface area (Å²) < 4.78 is 3.90. The minimum absolute atomic E-state index is 0.174. The number of Topliss-reactive ketones (excluding diaryl/α,β-unsaturated/α-hetero) is 1. The van der Waals surface area contributed by atoms with Crippen molar-refractivity contribution in [1.82, 2.24) is 14.1 Å². The molecule has 0 bridgehead atoms. The van der Waals surface area contributed by atoms with Gasteiger partial charge >= 0.3 is 11.9 Å². The van der Waals surface area contributed by atoms with Gasteiger partial charge in [-0.2, -0.15) is 0 Å². The molecule has 8 heteroatoms. The number of carbonyl (C=O) groups is 3. The molecule has 2 N–H and O–H groups in total. The summed E-state index contributed by atoms with van der Waals surface area (Å²) in [5.41, 5.74) is 2.86. The number of para-hydroxylation sites is 1. The van der Waals surface area contributed by atoms with Gasteiger partial charge in [0, 0.05) is 61.5 Å². The number of hydrogen-bond acceptors (Lipinski definition) is 4. The zero-order valence-corrected chi connectivity index (χ0v) is 15.6. The third kappa shape index (κ3) is 5.66. The van der Waals surface area contributed by atoms with E-state index in [2.05, 4.69) is 4.98 Å². The first-order chi connectivity index (χ1) is 13.3. The van der Waals surface area contributed by atoms with E-state index in [9.17, 15) is 14.4 Å². The van der Waals surface area contributed by atoms with Crippen LogP contribution >= 0.6 is 0 Å². The van der Waals surface area contributed by atoms with Gasteiger partial charge in [0.2, 0.25) is 0 Å². The van der Waals surface area contributed by atoms with Gasteiger partial charge in [0.1, 0.15) is 0 Å². The fraction of sp³-hybridized carbons (Fsp3) is 0.200. The Morgan fingerprint density at radius 2 is 1.68 bits per heavy atom. The predicted molar refractivity (Wildman–Crippen MR) is 103 cm³/mol. The molecule has 3 aromatic rings. The van der Waals surface area contributed by atoms with Crippen LogP contribution in [-0.4, -0.2) is 42.1 Å². The van der Waals surface area contributed by atoms with Crippen molar-refractivity contribution in [2.45, 2.75) is 12.8 Å². The summed E-state index contributed by atoms with van der Waals surface area (Å²) in [4.78, 5) is 35.8. The fourth-order valence-corrected chi connectivity index (χ4v) is 2.68. The first kappa shape index (κ1) is 20.6. The van der Waals surface area contributed by atoms with E-state index in [0.717, 1.165) is 22.2 Å². The van der Waals surface area contributed by atoms with Gasteiger partial charge in [0.05, 0.1) is 12.0 Å². The Bertz CT molecular complexity index is 1010. The van der Waals surface area contributed by atoms with Crippen molar-refractivity contribution in [2.24, 2.45) is 14.1 Å². The van der Waals surface area contributed by atoms with Crippen LogP contribution in [0.15, 0.2) is 55.1 Å². The van der Waals surface area contributed by atoms with Gasteiger partial charge in [-0.05, 0) is 12.5 Å². The summed E-state index contributed by atoms with van der Waals surface area (Å²) in [6.45, 7) is 0. The van der Waals surface area contributed by atoms with E-state index in [4.69, 9.17) is 10.2 Å². The normalized spacial score (nSPS) is 10.6. The maximum atomic E-state index is 12.4. The number of aromatic nitrogens is 3. The molecule has 2 heterocycles. The SMILES string of the molecule is Cn1cnc(CCC(=O)c2cn(C)c3ccccc23)c1.O=C(O)/C=C\C(=O)O. The van der Waals surface area contributed by atoms with Gasteiger partial charge in [-0.3, -0.25) is 4.79 Å². The Labute approximate surface area is 161 Å². The smallest absolute Gasteiger partial charge is 0.328 e. The summed E-state index contributed by atoms with van der Waals surface area (Å²) in [5, 5.41) is 16.7. The van der Waals surface area contributed by atoms with Crippen LogP contribution in [0.1, 0.15) is 22.5 Å². The molecular formula is C20H21N3O5. The number of fused-ring (bicyclic) bond motifs is 1. The first-order valence-corrected chi connectivity index (χ1v) is 8.46. The molecule has 2 aromatic heterocycles. The summed E-state index contributed by atoms with van der Waals surface area (Å²) >= 11 is 0. The molecule has 0 aliphatic carbocycles. The number of aliphatic carboxylic acids is 2. The average molecular weight is 383 g/mol. The molecule has 0 aliphatic heterocycles. The summed E-state index contributed by atoms with van der Waals surface area (Å²) in [7, 11) is 3.90. The van der Waals surface area contributed by atoms with Crippen molar-refractivity contribution in [3.05, 3.63) is 66.4 Å². The lowest BCUT2D eigenvalue weighted by Crippen LogP contribution is -2.00. The van der Waals surface area contributed by atoms with Gasteiger partial charge < -0.3 is 19.3 Å². The van der Waals surface area contributed by atoms with Gasteiger partial charge in [-0.15, -0.1) is 0 Å². The van der Waals surface area contributed by atoms with Crippen LogP contribution in [0.25, 0.3) is 10.9 Å². The average Bonchev–Trinajstić information content (AvgIpc) is 3.22. The zero-order valence-electron chi connectivity index (χ0n) is 15.6. The van der Waals surface area contributed by atoms with Crippen LogP contribution in [0.5, 0.6) is 0 Å². The molecule has 0 radical (unpaired) electrons. The highest BCUT2D eigenvalue weighted by Crippen LogP contribution is 2.22. The molecule has 0 spiro atoms. The summed E-state index contributed by atoms with van der Waals surface area (Å²) in [5.74, 6) is -2.34. The third-order valence-corrected chi connectivity index (χ3v) is 3.93. The van der Waals surface area contributed by atoms with Crippen LogP contribution in [-0.2, 0) is 30.1 Å². The van der Waals surface area contributed by atoms with Crippen LogP contribution in [0.3, 0.4) is 0 Å². The second-order valence-corrected chi connectivity index (χ2v) is 6.13. The van der Waals surface area contributed by atoms with Crippen molar-refractivity contribution < 1.29 is 24.6 Å². The molecular weight excluding hydrogens is 362 g/mol. The number of ketones is 1. The highest BCUT2D eigenvalue weighted by atomic mass is 16.4. The molecule has 0 amide bonds.